The van der Waals surface area contributed by atoms with Gasteiger partial charge in [0.1, 0.15) is 11.4 Å². The monoisotopic (exact) mass is 357 g/mol. The zero-order chi connectivity index (χ0) is 18.1. The summed E-state index contributed by atoms with van der Waals surface area (Å²) in [6.07, 6.45) is 2.56. The molecule has 2 saturated heterocycles. The average Bonchev–Trinajstić information content (AvgIpc) is 3.21. The smallest absolute Gasteiger partial charge is 0.323 e. The van der Waals surface area contributed by atoms with E-state index in [2.05, 4.69) is 15.4 Å². The van der Waals surface area contributed by atoms with Crippen LogP contribution in [0.25, 0.3) is 5.82 Å². The quantitative estimate of drug-likeness (QED) is 0.888. The zero-order valence-electron chi connectivity index (χ0n) is 15.1. The lowest BCUT2D eigenvalue weighted by Crippen LogP contribution is -2.55. The number of rotatable bonds is 2. The van der Waals surface area contributed by atoms with E-state index in [0.29, 0.717) is 44.5 Å². The molecule has 8 nitrogen and oxygen atoms in total. The summed E-state index contributed by atoms with van der Waals surface area (Å²) < 4.78 is 13.0. The second-order valence-corrected chi connectivity index (χ2v) is 6.96. The van der Waals surface area contributed by atoms with Crippen LogP contribution in [0, 0.1) is 13.8 Å². The summed E-state index contributed by atoms with van der Waals surface area (Å²) in [5.41, 5.74) is 1.53. The van der Waals surface area contributed by atoms with Crippen LogP contribution in [0.1, 0.15) is 17.7 Å². The number of ether oxygens (including phenoxy) is 2. The third-order valence-corrected chi connectivity index (χ3v) is 4.79. The summed E-state index contributed by atoms with van der Waals surface area (Å²) in [6.45, 7) is 6.73. The zero-order valence-corrected chi connectivity index (χ0v) is 15.1. The topological polar surface area (TPSA) is 81.5 Å². The largest absolute Gasteiger partial charge is 0.378 e. The number of nitrogens with one attached hydrogen (secondary N) is 1. The molecule has 2 aromatic rings. The maximum Gasteiger partial charge on any atom is 0.323 e. The lowest BCUT2D eigenvalue weighted by molar-refractivity contribution is -0.0964. The van der Waals surface area contributed by atoms with Gasteiger partial charge in [-0.05, 0) is 31.5 Å². The van der Waals surface area contributed by atoms with Gasteiger partial charge in [-0.3, -0.25) is 5.32 Å². The number of morpholine rings is 1. The van der Waals surface area contributed by atoms with Gasteiger partial charge in [0.2, 0.25) is 0 Å². The van der Waals surface area contributed by atoms with Crippen LogP contribution >= 0.6 is 0 Å². The summed E-state index contributed by atoms with van der Waals surface area (Å²) in [5.74, 6) is 1.28. The number of hydrogen-bond acceptors (Lipinski definition) is 5. The van der Waals surface area contributed by atoms with Crippen molar-refractivity contribution in [2.24, 2.45) is 0 Å². The normalized spacial score (nSPS) is 22.8. The van der Waals surface area contributed by atoms with Gasteiger partial charge >= 0.3 is 6.03 Å². The first-order valence-electron chi connectivity index (χ1n) is 8.82. The molecule has 4 rings (SSSR count). The highest BCUT2D eigenvalue weighted by atomic mass is 16.6. The number of pyridine rings is 1. The Labute approximate surface area is 152 Å². The van der Waals surface area contributed by atoms with Crippen molar-refractivity contribution >= 4 is 11.8 Å². The Balaban J connectivity index is 1.53. The molecular weight excluding hydrogens is 334 g/mol. The molecule has 8 heteroatoms. The number of nitrogens with zero attached hydrogens (tertiary/aromatic N) is 4. The van der Waals surface area contributed by atoms with Crippen molar-refractivity contribution in [1.82, 2.24) is 19.7 Å². The number of aryl methyl sites for hydroxylation is 2. The molecule has 2 aromatic heterocycles. The number of amides is 2. The summed E-state index contributed by atoms with van der Waals surface area (Å²) in [7, 11) is 0. The summed E-state index contributed by atoms with van der Waals surface area (Å²) in [6, 6.07) is 5.54. The highest BCUT2D eigenvalue weighted by Gasteiger charge is 2.41. The van der Waals surface area contributed by atoms with Gasteiger partial charge in [-0.25, -0.2) is 9.78 Å². The van der Waals surface area contributed by atoms with Crippen molar-refractivity contribution in [2.75, 3.05) is 38.2 Å². The first kappa shape index (κ1) is 17.0. The SMILES string of the molecule is Cc1ccnc(-n2nc(C)cc2NC(=O)N2CCOC3(CCOC3)C2)c1. The number of anilines is 1. The third-order valence-electron chi connectivity index (χ3n) is 4.79. The molecular formula is C18H23N5O3. The molecule has 4 heterocycles. The van der Waals surface area contributed by atoms with Crippen LogP contribution in [-0.4, -0.2) is 64.2 Å². The van der Waals surface area contributed by atoms with Crippen LogP contribution in [0.3, 0.4) is 0 Å². The first-order valence-corrected chi connectivity index (χ1v) is 8.82. The van der Waals surface area contributed by atoms with Crippen LogP contribution < -0.4 is 5.32 Å². The van der Waals surface area contributed by atoms with E-state index >= 15 is 0 Å². The Hall–Kier alpha value is -2.45. The van der Waals surface area contributed by atoms with Crippen LogP contribution in [0.15, 0.2) is 24.4 Å². The highest BCUT2D eigenvalue weighted by molar-refractivity contribution is 5.89. The molecule has 0 bridgehead atoms. The minimum atomic E-state index is -0.357. The summed E-state index contributed by atoms with van der Waals surface area (Å²) in [4.78, 5) is 19.0. The Morgan fingerprint density at radius 1 is 1.31 bits per heavy atom. The molecule has 0 radical (unpaired) electrons. The van der Waals surface area contributed by atoms with Gasteiger partial charge in [0.15, 0.2) is 5.82 Å². The summed E-state index contributed by atoms with van der Waals surface area (Å²) >= 11 is 0. The van der Waals surface area contributed by atoms with Crippen molar-refractivity contribution in [2.45, 2.75) is 25.9 Å². The van der Waals surface area contributed by atoms with E-state index < -0.39 is 0 Å². The Morgan fingerprint density at radius 3 is 2.96 bits per heavy atom. The number of hydrogen-bond donors (Lipinski definition) is 1. The molecule has 2 aliphatic heterocycles. The molecule has 1 spiro atoms. The predicted octanol–water partition coefficient (Wildman–Crippen LogP) is 1.91. The average molecular weight is 357 g/mol. The van der Waals surface area contributed by atoms with E-state index in [1.165, 1.54) is 0 Å². The fourth-order valence-electron chi connectivity index (χ4n) is 3.43. The first-order chi connectivity index (χ1) is 12.5. The van der Waals surface area contributed by atoms with Crippen molar-refractivity contribution in [3.8, 4) is 5.82 Å². The second kappa shape index (κ2) is 6.69. The van der Waals surface area contributed by atoms with E-state index in [1.54, 1.807) is 15.8 Å². The Morgan fingerprint density at radius 2 is 2.19 bits per heavy atom. The molecule has 0 aromatic carbocycles. The standard InChI is InChI=1S/C18H23N5O3/c1-13-3-5-19-15(9-13)23-16(10-14(2)21-23)20-17(24)22-6-8-26-18(11-22)4-7-25-12-18/h3,5,9-10H,4,6-8,11-12H2,1-2H3,(H,20,24). The second-order valence-electron chi connectivity index (χ2n) is 6.96. The minimum absolute atomic E-state index is 0.159. The predicted molar refractivity (Wildman–Crippen MR) is 95.5 cm³/mol. The van der Waals surface area contributed by atoms with Gasteiger partial charge in [0, 0.05) is 31.8 Å². The van der Waals surface area contributed by atoms with Gasteiger partial charge in [-0.1, -0.05) is 0 Å². The molecule has 2 amide bonds. The molecule has 26 heavy (non-hydrogen) atoms. The number of aromatic nitrogens is 3. The Bertz CT molecular complexity index is 813. The van der Waals surface area contributed by atoms with E-state index in [-0.39, 0.29) is 11.6 Å². The molecule has 138 valence electrons. The van der Waals surface area contributed by atoms with Crippen LogP contribution in [0.4, 0.5) is 10.6 Å². The fraction of sp³-hybridized carbons (Fsp3) is 0.500. The molecule has 1 unspecified atom stereocenters. The van der Waals surface area contributed by atoms with Crippen molar-refractivity contribution in [3.05, 3.63) is 35.7 Å². The van der Waals surface area contributed by atoms with E-state index in [9.17, 15) is 4.79 Å². The minimum Gasteiger partial charge on any atom is -0.378 e. The van der Waals surface area contributed by atoms with Gasteiger partial charge in [0.05, 0.1) is 25.5 Å². The summed E-state index contributed by atoms with van der Waals surface area (Å²) in [5, 5.41) is 7.44. The van der Waals surface area contributed by atoms with Crippen molar-refractivity contribution in [3.63, 3.8) is 0 Å². The lowest BCUT2D eigenvalue weighted by Gasteiger charge is -2.39. The van der Waals surface area contributed by atoms with E-state index in [1.807, 2.05) is 32.0 Å². The molecule has 2 aliphatic rings. The maximum atomic E-state index is 12.8. The third kappa shape index (κ3) is 3.30. The van der Waals surface area contributed by atoms with Crippen LogP contribution in [-0.2, 0) is 9.47 Å². The molecule has 1 N–H and O–H groups in total. The molecule has 0 saturated carbocycles. The van der Waals surface area contributed by atoms with Crippen molar-refractivity contribution < 1.29 is 14.3 Å². The molecule has 0 aliphatic carbocycles. The number of carbonyl (C=O) groups excluding carboxylic acids is 1. The van der Waals surface area contributed by atoms with E-state index in [0.717, 1.165) is 17.7 Å². The van der Waals surface area contributed by atoms with Crippen LogP contribution in [0.2, 0.25) is 0 Å². The van der Waals surface area contributed by atoms with E-state index in [4.69, 9.17) is 9.47 Å². The highest BCUT2D eigenvalue weighted by Crippen LogP contribution is 2.28. The van der Waals surface area contributed by atoms with Crippen molar-refractivity contribution in [1.29, 1.82) is 0 Å². The van der Waals surface area contributed by atoms with Gasteiger partial charge in [0.25, 0.3) is 0 Å². The number of urea groups is 1. The van der Waals surface area contributed by atoms with Gasteiger partial charge in [-0.2, -0.15) is 9.78 Å². The van der Waals surface area contributed by atoms with Crippen LogP contribution in [0.5, 0.6) is 0 Å². The molecule has 1 atom stereocenters. The Kier molecular flexibility index (Phi) is 4.37. The lowest BCUT2D eigenvalue weighted by atomic mass is 10.0. The number of carbonyl (C=O) groups is 1. The maximum absolute atomic E-state index is 12.8. The fourth-order valence-corrected chi connectivity index (χ4v) is 3.43. The van der Waals surface area contributed by atoms with Gasteiger partial charge in [-0.15, -0.1) is 0 Å². The van der Waals surface area contributed by atoms with Gasteiger partial charge < -0.3 is 14.4 Å². The molecule has 2 fully saturated rings.